The van der Waals surface area contributed by atoms with E-state index in [1.165, 1.54) is 87.9 Å². The van der Waals surface area contributed by atoms with Gasteiger partial charge in [0.2, 0.25) is 0 Å². The number of hydrogen-bond donors (Lipinski definition) is 0. The molecule has 0 saturated carbocycles. The zero-order chi connectivity index (χ0) is 33.7. The third-order valence-corrected chi connectivity index (χ3v) is 10.6. The van der Waals surface area contributed by atoms with Crippen molar-refractivity contribution in [3.05, 3.63) is 188 Å². The average Bonchev–Trinajstić information content (AvgIpc) is 3.55. The van der Waals surface area contributed by atoms with Gasteiger partial charge in [0.25, 0.3) is 0 Å². The van der Waals surface area contributed by atoms with E-state index in [4.69, 9.17) is 0 Å². The van der Waals surface area contributed by atoms with Crippen LogP contribution >= 0.6 is 0 Å². The molecule has 10 rings (SSSR count). The normalized spacial score (nSPS) is 13.0. The Balaban J connectivity index is 1.10. The van der Waals surface area contributed by atoms with Crippen LogP contribution in [-0.4, -0.2) is 9.55 Å². The Hall–Kier alpha value is -6.51. The topological polar surface area (TPSA) is 17.8 Å². The summed E-state index contributed by atoms with van der Waals surface area (Å²) in [5, 5.41) is 7.61. The lowest BCUT2D eigenvalue weighted by atomic mass is 9.83. The molecule has 240 valence electrons. The van der Waals surface area contributed by atoms with Gasteiger partial charge in [-0.25, -0.2) is 0 Å². The maximum atomic E-state index is 4.41. The zero-order valence-electron chi connectivity index (χ0n) is 28.1. The first kappa shape index (κ1) is 29.4. The number of allylic oxidation sites excluding steroid dienone is 4. The predicted molar refractivity (Wildman–Crippen MR) is 216 cm³/mol. The van der Waals surface area contributed by atoms with Crippen molar-refractivity contribution in [1.82, 2.24) is 9.55 Å². The molecule has 0 atom stereocenters. The lowest BCUT2D eigenvalue weighted by molar-refractivity contribution is 1.06. The Labute approximate surface area is 297 Å². The number of aromatic nitrogens is 2. The van der Waals surface area contributed by atoms with Gasteiger partial charge in [0.15, 0.2) is 0 Å². The number of rotatable bonds is 5. The van der Waals surface area contributed by atoms with Gasteiger partial charge in [0.1, 0.15) is 0 Å². The summed E-state index contributed by atoms with van der Waals surface area (Å²) < 4.78 is 2.34. The highest BCUT2D eigenvalue weighted by molar-refractivity contribution is 6.19. The number of nitrogens with zero attached hydrogens (tertiary/aromatic N) is 2. The Kier molecular flexibility index (Phi) is 6.99. The van der Waals surface area contributed by atoms with Crippen molar-refractivity contribution in [3.63, 3.8) is 0 Å². The molecule has 1 aliphatic rings. The van der Waals surface area contributed by atoms with Gasteiger partial charge in [-0.2, -0.15) is 0 Å². The number of hydrogen-bond acceptors (Lipinski definition) is 1. The van der Waals surface area contributed by atoms with Crippen molar-refractivity contribution in [1.29, 1.82) is 0 Å². The molecule has 0 N–H and O–H groups in total. The summed E-state index contributed by atoms with van der Waals surface area (Å²) in [6, 6.07) is 55.6. The molecule has 0 amide bonds. The van der Waals surface area contributed by atoms with E-state index >= 15 is 0 Å². The second kappa shape index (κ2) is 12.1. The van der Waals surface area contributed by atoms with Gasteiger partial charge in [-0.1, -0.05) is 133 Å². The lowest BCUT2D eigenvalue weighted by Gasteiger charge is -2.21. The minimum atomic E-state index is 1.05. The van der Waals surface area contributed by atoms with Crippen molar-refractivity contribution in [3.8, 4) is 39.1 Å². The van der Waals surface area contributed by atoms with E-state index in [9.17, 15) is 0 Å². The SMILES string of the molecule is C1=CCCC(c2c3ccccc3c(-c3ccccc3)c3cc(-c4cccc(-c5ccc(-n6c7ccccc7c7cnccc76)cc5)c4)ccc23)=C1. The van der Waals surface area contributed by atoms with E-state index in [1.54, 1.807) is 0 Å². The van der Waals surface area contributed by atoms with Gasteiger partial charge in [-0.3, -0.25) is 4.98 Å². The van der Waals surface area contributed by atoms with Crippen LogP contribution in [0.25, 0.3) is 88.0 Å². The summed E-state index contributed by atoms with van der Waals surface area (Å²) in [7, 11) is 0. The molecule has 0 spiro atoms. The molecule has 2 heterocycles. The van der Waals surface area contributed by atoms with E-state index in [2.05, 4.69) is 179 Å². The third kappa shape index (κ3) is 4.91. The highest BCUT2D eigenvalue weighted by atomic mass is 15.0. The minimum absolute atomic E-state index is 1.05. The molecule has 1 aliphatic carbocycles. The number of benzene rings is 7. The van der Waals surface area contributed by atoms with Crippen LogP contribution in [0.1, 0.15) is 18.4 Å². The van der Waals surface area contributed by atoms with Crippen molar-refractivity contribution in [2.24, 2.45) is 0 Å². The largest absolute Gasteiger partial charge is 0.309 e. The molecule has 0 fully saturated rings. The fraction of sp³-hybridized carbons (Fsp3) is 0.0408. The zero-order valence-corrected chi connectivity index (χ0v) is 28.1. The molecule has 2 heteroatoms. The summed E-state index contributed by atoms with van der Waals surface area (Å²) in [6.45, 7) is 0. The van der Waals surface area contributed by atoms with Gasteiger partial charge < -0.3 is 4.57 Å². The van der Waals surface area contributed by atoms with Crippen molar-refractivity contribution in [2.45, 2.75) is 12.8 Å². The fourth-order valence-electron chi connectivity index (χ4n) is 8.21. The smallest absolute Gasteiger partial charge is 0.0571 e. The molecule has 0 saturated heterocycles. The van der Waals surface area contributed by atoms with Gasteiger partial charge in [-0.15, -0.1) is 0 Å². The van der Waals surface area contributed by atoms with Crippen molar-refractivity contribution in [2.75, 3.05) is 0 Å². The molecule has 51 heavy (non-hydrogen) atoms. The van der Waals surface area contributed by atoms with Crippen molar-refractivity contribution < 1.29 is 0 Å². The van der Waals surface area contributed by atoms with Crippen LogP contribution < -0.4 is 0 Å². The minimum Gasteiger partial charge on any atom is -0.309 e. The quantitative estimate of drug-likeness (QED) is 0.170. The van der Waals surface area contributed by atoms with Crippen LogP contribution in [0.4, 0.5) is 0 Å². The molecule has 2 aromatic heterocycles. The molecule has 2 nitrogen and oxygen atoms in total. The molecule has 0 unspecified atom stereocenters. The molecular weight excluding hydrogens is 617 g/mol. The Bertz CT molecular complexity index is 2780. The third-order valence-electron chi connectivity index (χ3n) is 10.6. The standard InChI is InChI=1S/C49H34N2/c1-3-12-34(13-4-1)48-41-19-7-8-20-42(41)49(35-14-5-2-6-15-35)44-31-38(24-27-43(44)48)37-17-11-16-36(30-37)33-22-25-39(26-23-33)51-46-21-10-9-18-40(46)45-32-50-29-28-47(45)51/h1-3,5-12,14-32H,4,13H2. The molecule has 0 radical (unpaired) electrons. The summed E-state index contributed by atoms with van der Waals surface area (Å²) in [5.41, 5.74) is 13.6. The van der Waals surface area contributed by atoms with Gasteiger partial charge in [0.05, 0.1) is 11.0 Å². The summed E-state index contributed by atoms with van der Waals surface area (Å²) in [4.78, 5) is 4.41. The van der Waals surface area contributed by atoms with E-state index in [0.29, 0.717) is 0 Å². The van der Waals surface area contributed by atoms with Crippen LogP contribution in [0.15, 0.2) is 182 Å². The lowest BCUT2D eigenvalue weighted by Crippen LogP contribution is -1.96. The van der Waals surface area contributed by atoms with Gasteiger partial charge in [0, 0.05) is 28.9 Å². The molecule has 0 bridgehead atoms. The highest BCUT2D eigenvalue weighted by Crippen LogP contribution is 2.44. The second-order valence-electron chi connectivity index (χ2n) is 13.5. The Morgan fingerprint density at radius 2 is 1.10 bits per heavy atom. The molecular formula is C49H34N2. The monoisotopic (exact) mass is 650 g/mol. The van der Waals surface area contributed by atoms with Crippen LogP contribution in [0, 0.1) is 0 Å². The maximum Gasteiger partial charge on any atom is 0.0571 e. The van der Waals surface area contributed by atoms with Crippen LogP contribution in [0.3, 0.4) is 0 Å². The maximum absolute atomic E-state index is 4.41. The first-order valence-corrected chi connectivity index (χ1v) is 17.8. The van der Waals surface area contributed by atoms with Crippen LogP contribution in [-0.2, 0) is 0 Å². The Morgan fingerprint density at radius 1 is 0.451 bits per heavy atom. The average molecular weight is 651 g/mol. The van der Waals surface area contributed by atoms with Gasteiger partial charge in [-0.05, 0) is 115 Å². The van der Waals surface area contributed by atoms with E-state index in [1.807, 2.05) is 12.4 Å². The fourth-order valence-corrected chi connectivity index (χ4v) is 8.21. The van der Waals surface area contributed by atoms with E-state index < -0.39 is 0 Å². The number of pyridine rings is 1. The predicted octanol–water partition coefficient (Wildman–Crippen LogP) is 13.2. The van der Waals surface area contributed by atoms with E-state index in [0.717, 1.165) is 18.5 Å². The summed E-state index contributed by atoms with van der Waals surface area (Å²) in [6.07, 6.45) is 12.8. The summed E-state index contributed by atoms with van der Waals surface area (Å²) >= 11 is 0. The molecule has 9 aromatic rings. The van der Waals surface area contributed by atoms with E-state index in [-0.39, 0.29) is 0 Å². The molecule has 0 aliphatic heterocycles. The Morgan fingerprint density at radius 3 is 1.90 bits per heavy atom. The first-order chi connectivity index (χ1) is 25.3. The van der Waals surface area contributed by atoms with Crippen molar-refractivity contribution >= 4 is 48.9 Å². The molecule has 7 aromatic carbocycles. The van der Waals surface area contributed by atoms with Gasteiger partial charge >= 0.3 is 0 Å². The van der Waals surface area contributed by atoms with Crippen LogP contribution in [0.5, 0.6) is 0 Å². The number of fused-ring (bicyclic) bond motifs is 5. The first-order valence-electron chi connectivity index (χ1n) is 17.8. The van der Waals surface area contributed by atoms with Crippen LogP contribution in [0.2, 0.25) is 0 Å². The summed E-state index contributed by atoms with van der Waals surface area (Å²) in [5.74, 6) is 0. The second-order valence-corrected chi connectivity index (χ2v) is 13.5. The number of para-hydroxylation sites is 1. The highest BCUT2D eigenvalue weighted by Gasteiger charge is 2.19.